The lowest BCUT2D eigenvalue weighted by atomic mass is 10.1. The molecule has 6 rings (SSSR count). The van der Waals surface area contributed by atoms with Crippen LogP contribution in [0.1, 0.15) is 25.7 Å². The summed E-state index contributed by atoms with van der Waals surface area (Å²) in [6.07, 6.45) is 0.974. The molecule has 0 fully saturated rings. The predicted molar refractivity (Wildman–Crippen MR) is 142 cm³/mol. The van der Waals surface area contributed by atoms with Crippen molar-refractivity contribution in [3.05, 3.63) is 73.7 Å². The van der Waals surface area contributed by atoms with E-state index in [0.29, 0.717) is 33.1 Å². The van der Waals surface area contributed by atoms with Crippen LogP contribution in [0.5, 0.6) is 11.5 Å². The molecule has 10 heteroatoms. The monoisotopic (exact) mass is 537 g/mol. The maximum atomic E-state index is 13.0. The van der Waals surface area contributed by atoms with Gasteiger partial charge in [-0.1, -0.05) is 23.7 Å². The Hall–Kier alpha value is -3.40. The molecule has 2 aromatic carbocycles. The highest BCUT2D eigenvalue weighted by atomic mass is 35.5. The SMILES string of the molecule is Cc1sc(NC(=O)Cc2ccc3c(c2)OCO3)nc1-c1ccc2c(c1)CCN2C(=O)c1sccc1Cl. The molecule has 4 aromatic rings. The fourth-order valence-electron chi connectivity index (χ4n) is 4.45. The first kappa shape index (κ1) is 23.0. The van der Waals surface area contributed by atoms with Crippen LogP contribution in [0.25, 0.3) is 11.3 Å². The highest BCUT2D eigenvalue weighted by Crippen LogP contribution is 2.37. The Morgan fingerprint density at radius 3 is 2.83 bits per heavy atom. The molecule has 0 unspecified atom stereocenters. The van der Waals surface area contributed by atoms with Crippen LogP contribution in [-0.2, 0) is 17.6 Å². The number of anilines is 2. The zero-order valence-electron chi connectivity index (χ0n) is 19.2. The number of rotatable bonds is 5. The van der Waals surface area contributed by atoms with E-state index in [-0.39, 0.29) is 25.0 Å². The summed E-state index contributed by atoms with van der Waals surface area (Å²) in [5.74, 6) is 1.13. The molecule has 182 valence electrons. The van der Waals surface area contributed by atoms with Crippen molar-refractivity contribution in [1.29, 1.82) is 0 Å². The van der Waals surface area contributed by atoms with Crippen LogP contribution in [-0.4, -0.2) is 30.1 Å². The predicted octanol–water partition coefficient (Wildman–Crippen LogP) is 5.95. The van der Waals surface area contributed by atoms with Crippen LogP contribution >= 0.6 is 34.3 Å². The van der Waals surface area contributed by atoms with Crippen molar-refractivity contribution >= 4 is 56.9 Å². The molecule has 2 aliphatic heterocycles. The third kappa shape index (κ3) is 4.23. The van der Waals surface area contributed by atoms with Crippen LogP contribution in [0.15, 0.2) is 47.8 Å². The van der Waals surface area contributed by atoms with E-state index in [1.54, 1.807) is 11.0 Å². The number of hydrogen-bond acceptors (Lipinski definition) is 7. The molecule has 4 heterocycles. The molecule has 0 aliphatic carbocycles. The molecular weight excluding hydrogens is 518 g/mol. The summed E-state index contributed by atoms with van der Waals surface area (Å²) in [5, 5.41) is 5.78. The van der Waals surface area contributed by atoms with Crippen molar-refractivity contribution in [3.8, 4) is 22.8 Å². The molecule has 0 radical (unpaired) electrons. The standard InChI is InChI=1S/C26H20ClN3O4S2/c1-14-23(29-26(36-14)28-22(31)11-15-2-5-20-21(10-15)34-13-33-20)17-3-4-19-16(12-17)6-8-30(19)25(32)24-18(27)7-9-35-24/h2-5,7,9-10,12H,6,8,11,13H2,1H3,(H,28,29,31). The number of nitrogens with one attached hydrogen (secondary N) is 1. The van der Waals surface area contributed by atoms with Gasteiger partial charge in [0.1, 0.15) is 4.88 Å². The minimum atomic E-state index is -0.149. The average molecular weight is 538 g/mol. The fourth-order valence-corrected chi connectivity index (χ4v) is 6.38. The molecule has 0 spiro atoms. The summed E-state index contributed by atoms with van der Waals surface area (Å²) in [7, 11) is 0. The van der Waals surface area contributed by atoms with E-state index in [4.69, 9.17) is 26.1 Å². The van der Waals surface area contributed by atoms with Gasteiger partial charge in [0, 0.05) is 22.7 Å². The number of aryl methyl sites for hydroxylation is 1. The number of hydrogen-bond donors (Lipinski definition) is 1. The van der Waals surface area contributed by atoms with Gasteiger partial charge in [-0.25, -0.2) is 4.98 Å². The van der Waals surface area contributed by atoms with Crippen molar-refractivity contribution in [2.45, 2.75) is 19.8 Å². The Kier molecular flexibility index (Phi) is 5.91. The molecule has 0 saturated heterocycles. The molecular formula is C26H20ClN3O4S2. The van der Waals surface area contributed by atoms with Crippen LogP contribution in [0, 0.1) is 6.92 Å². The highest BCUT2D eigenvalue weighted by Gasteiger charge is 2.28. The van der Waals surface area contributed by atoms with Crippen molar-refractivity contribution in [1.82, 2.24) is 4.98 Å². The first-order valence-electron chi connectivity index (χ1n) is 11.3. The van der Waals surface area contributed by atoms with Gasteiger partial charge in [-0.15, -0.1) is 22.7 Å². The molecule has 0 atom stereocenters. The second-order valence-electron chi connectivity index (χ2n) is 8.48. The Morgan fingerprint density at radius 1 is 1.14 bits per heavy atom. The summed E-state index contributed by atoms with van der Waals surface area (Å²) < 4.78 is 10.7. The molecule has 2 aromatic heterocycles. The van der Waals surface area contributed by atoms with Gasteiger partial charge in [0.15, 0.2) is 16.6 Å². The summed E-state index contributed by atoms with van der Waals surface area (Å²) >= 11 is 8.98. The first-order valence-corrected chi connectivity index (χ1v) is 13.4. The van der Waals surface area contributed by atoms with Crippen molar-refractivity contribution < 1.29 is 19.1 Å². The Balaban J connectivity index is 1.17. The molecule has 0 saturated carbocycles. The number of benzene rings is 2. The minimum Gasteiger partial charge on any atom is -0.454 e. The smallest absolute Gasteiger partial charge is 0.269 e. The van der Waals surface area contributed by atoms with Gasteiger partial charge >= 0.3 is 0 Å². The van der Waals surface area contributed by atoms with Gasteiger partial charge in [-0.05, 0) is 60.2 Å². The number of amides is 2. The van der Waals surface area contributed by atoms with E-state index in [2.05, 4.69) is 11.4 Å². The maximum absolute atomic E-state index is 13.0. The topological polar surface area (TPSA) is 80.8 Å². The third-order valence-electron chi connectivity index (χ3n) is 6.15. The Bertz CT molecular complexity index is 1510. The average Bonchev–Trinajstić information content (AvgIpc) is 3.64. The van der Waals surface area contributed by atoms with Gasteiger partial charge < -0.3 is 19.7 Å². The summed E-state index contributed by atoms with van der Waals surface area (Å²) in [6, 6.07) is 13.3. The normalized spacial score (nSPS) is 13.7. The lowest BCUT2D eigenvalue weighted by Crippen LogP contribution is -2.28. The molecule has 7 nitrogen and oxygen atoms in total. The van der Waals surface area contributed by atoms with Gasteiger partial charge in [-0.2, -0.15) is 0 Å². The zero-order chi connectivity index (χ0) is 24.8. The summed E-state index contributed by atoms with van der Waals surface area (Å²) in [4.78, 5) is 33.7. The zero-order valence-corrected chi connectivity index (χ0v) is 21.6. The lowest BCUT2D eigenvalue weighted by molar-refractivity contribution is -0.115. The number of ether oxygens (including phenoxy) is 2. The van der Waals surface area contributed by atoms with E-state index in [1.807, 2.05) is 42.6 Å². The number of fused-ring (bicyclic) bond motifs is 2. The number of carbonyl (C=O) groups excluding carboxylic acids is 2. The minimum absolute atomic E-state index is 0.0706. The lowest BCUT2D eigenvalue weighted by Gasteiger charge is -2.17. The number of carbonyl (C=O) groups is 2. The van der Waals surface area contributed by atoms with Gasteiger partial charge in [0.2, 0.25) is 12.7 Å². The fraction of sp³-hybridized carbons (Fsp3) is 0.192. The second-order valence-corrected chi connectivity index (χ2v) is 11.0. The number of halogens is 1. The van der Waals surface area contributed by atoms with E-state index in [0.717, 1.165) is 39.4 Å². The van der Waals surface area contributed by atoms with Crippen molar-refractivity contribution in [3.63, 3.8) is 0 Å². The third-order valence-corrected chi connectivity index (χ3v) is 8.37. The number of nitrogens with zero attached hydrogens (tertiary/aromatic N) is 2. The highest BCUT2D eigenvalue weighted by molar-refractivity contribution is 7.16. The van der Waals surface area contributed by atoms with Crippen LogP contribution < -0.4 is 19.7 Å². The number of aromatic nitrogens is 1. The Labute approximate surface area is 220 Å². The largest absolute Gasteiger partial charge is 0.454 e. The second kappa shape index (κ2) is 9.24. The molecule has 0 bridgehead atoms. The quantitative estimate of drug-likeness (QED) is 0.340. The maximum Gasteiger partial charge on any atom is 0.269 e. The van der Waals surface area contributed by atoms with Crippen LogP contribution in [0.4, 0.5) is 10.8 Å². The van der Waals surface area contributed by atoms with E-state index in [1.165, 1.54) is 22.7 Å². The molecule has 1 N–H and O–H groups in total. The van der Waals surface area contributed by atoms with Gasteiger partial charge in [0.25, 0.3) is 5.91 Å². The molecule has 2 amide bonds. The van der Waals surface area contributed by atoms with Gasteiger partial charge in [0.05, 0.1) is 17.1 Å². The van der Waals surface area contributed by atoms with Gasteiger partial charge in [-0.3, -0.25) is 9.59 Å². The van der Waals surface area contributed by atoms with Crippen LogP contribution in [0.2, 0.25) is 5.02 Å². The van der Waals surface area contributed by atoms with Crippen LogP contribution in [0.3, 0.4) is 0 Å². The van der Waals surface area contributed by atoms with Crippen molar-refractivity contribution in [2.24, 2.45) is 0 Å². The molecule has 36 heavy (non-hydrogen) atoms. The summed E-state index contributed by atoms with van der Waals surface area (Å²) in [6.45, 7) is 2.80. The van der Waals surface area contributed by atoms with E-state index >= 15 is 0 Å². The molecule has 2 aliphatic rings. The van der Waals surface area contributed by atoms with E-state index in [9.17, 15) is 9.59 Å². The Morgan fingerprint density at radius 2 is 2.00 bits per heavy atom. The number of thiazole rings is 1. The van der Waals surface area contributed by atoms with E-state index < -0.39 is 0 Å². The first-order chi connectivity index (χ1) is 17.5. The van der Waals surface area contributed by atoms with Crippen molar-refractivity contribution in [2.75, 3.05) is 23.6 Å². The number of thiophene rings is 1. The summed E-state index contributed by atoms with van der Waals surface area (Å²) in [5.41, 5.74) is 4.62.